The van der Waals surface area contributed by atoms with Gasteiger partial charge in [-0.05, 0) is 59.3 Å². The van der Waals surface area contributed by atoms with Crippen LogP contribution in [0.5, 0.6) is 11.5 Å². The van der Waals surface area contributed by atoms with Crippen LogP contribution in [0.4, 0.5) is 22.9 Å². The zero-order valence-corrected chi connectivity index (χ0v) is 28.7. The zero-order valence-electron chi connectivity index (χ0n) is 26.4. The fourth-order valence-corrected chi connectivity index (χ4v) is 5.74. The van der Waals surface area contributed by atoms with Crippen LogP contribution in [0.2, 0.25) is 0 Å². The van der Waals surface area contributed by atoms with Gasteiger partial charge in [0.25, 0.3) is 0 Å². The Morgan fingerprint density at radius 3 is 2.11 bits per heavy atom. The van der Waals surface area contributed by atoms with Gasteiger partial charge in [-0.2, -0.15) is 17.2 Å². The Hall–Kier alpha value is -4.67. The van der Waals surface area contributed by atoms with Gasteiger partial charge < -0.3 is 14.5 Å². The summed E-state index contributed by atoms with van der Waals surface area (Å²) in [7, 11) is 0. The third kappa shape index (κ3) is 6.10. The molecule has 3 heterocycles. The van der Waals surface area contributed by atoms with E-state index in [1.807, 2.05) is 83.9 Å². The Morgan fingerprint density at radius 2 is 1.41 bits per heavy atom. The number of fused-ring (bicyclic) bond motifs is 1. The van der Waals surface area contributed by atoms with Crippen molar-refractivity contribution in [1.29, 1.82) is 0 Å². The van der Waals surface area contributed by atoms with Gasteiger partial charge in [-0.1, -0.05) is 68.9 Å². The largest absolute Gasteiger partial charge is 0.509 e. The molecule has 0 aliphatic carbocycles. The van der Waals surface area contributed by atoms with E-state index in [2.05, 4.69) is 98.7 Å². The number of nitrogens with zero attached hydrogens (tertiary/aromatic N) is 5. The van der Waals surface area contributed by atoms with Crippen molar-refractivity contribution in [3.8, 4) is 28.3 Å². The van der Waals surface area contributed by atoms with E-state index in [0.29, 0.717) is 11.5 Å². The first-order valence-electron chi connectivity index (χ1n) is 15.1. The molecule has 0 spiro atoms. The summed E-state index contributed by atoms with van der Waals surface area (Å²) in [6, 6.07) is 37.4. The van der Waals surface area contributed by atoms with Crippen molar-refractivity contribution in [2.24, 2.45) is 0 Å². The number of aryl methyl sites for hydroxylation is 2. The van der Waals surface area contributed by atoms with Crippen LogP contribution >= 0.6 is 0 Å². The monoisotopic (exact) mass is 783 g/mol. The second kappa shape index (κ2) is 12.6. The van der Waals surface area contributed by atoms with E-state index in [4.69, 9.17) is 9.72 Å². The SMILES string of the molecule is Cc1cc(C(C)(C)C)cc(C)c1N1[CH-]N(c2[c-]c(Oc3[c-]c(-n4cc(-c5ccccc5)cn4)ccc3)ccc2)c2ncccc21.[Pt]. The molecule has 0 atom stereocenters. The Labute approximate surface area is 285 Å². The normalized spacial score (nSPS) is 12.5. The number of aromatic nitrogens is 3. The average molecular weight is 784 g/mol. The third-order valence-corrected chi connectivity index (χ3v) is 8.00. The minimum atomic E-state index is 0. The molecule has 7 heteroatoms. The van der Waals surface area contributed by atoms with Crippen molar-refractivity contribution in [2.75, 3.05) is 9.80 Å². The van der Waals surface area contributed by atoms with Gasteiger partial charge in [-0.3, -0.25) is 4.68 Å². The molecule has 1 aliphatic heterocycles. The quantitative estimate of drug-likeness (QED) is 0.158. The maximum absolute atomic E-state index is 6.29. The summed E-state index contributed by atoms with van der Waals surface area (Å²) < 4.78 is 8.10. The molecule has 0 bridgehead atoms. The van der Waals surface area contributed by atoms with Crippen molar-refractivity contribution in [3.05, 3.63) is 145 Å². The Balaban J connectivity index is 0.00000372. The molecule has 0 fully saturated rings. The molecule has 0 amide bonds. The molecule has 0 radical (unpaired) electrons. The third-order valence-electron chi connectivity index (χ3n) is 8.00. The number of ether oxygens (including phenoxy) is 1. The second-order valence-electron chi connectivity index (χ2n) is 12.4. The van der Waals surface area contributed by atoms with Gasteiger partial charge in [-0.25, -0.2) is 4.98 Å². The van der Waals surface area contributed by atoms with Gasteiger partial charge in [-0.15, -0.1) is 43.1 Å². The van der Waals surface area contributed by atoms with E-state index in [0.717, 1.165) is 39.7 Å². The zero-order chi connectivity index (χ0) is 31.1. The maximum Gasteiger partial charge on any atom is 0.124 e. The molecule has 7 rings (SSSR count). The summed E-state index contributed by atoms with van der Waals surface area (Å²) in [4.78, 5) is 9.06. The summed E-state index contributed by atoms with van der Waals surface area (Å²) in [5.41, 5.74) is 9.78. The molecule has 1 aliphatic rings. The first kappa shape index (κ1) is 31.3. The molecule has 0 saturated carbocycles. The first-order valence-corrected chi connectivity index (χ1v) is 15.1. The standard InChI is InChI=1S/C39H34N5O.Pt/c1-27-20-31(39(3,4)5)21-28(2)37(27)43-26-42(38-36(43)18-11-19-40-38)32-14-9-16-34(22-32)45-35-17-10-15-33(23-35)44-25-30(24-41-44)29-12-7-6-8-13-29;/h6-21,24-26H,1-5H3;/q-3;. The fourth-order valence-electron chi connectivity index (χ4n) is 5.74. The summed E-state index contributed by atoms with van der Waals surface area (Å²) >= 11 is 0. The summed E-state index contributed by atoms with van der Waals surface area (Å²) in [5, 5.41) is 4.56. The molecular formula is C39H34N5OPt-3. The van der Waals surface area contributed by atoms with E-state index < -0.39 is 0 Å². The van der Waals surface area contributed by atoms with Gasteiger partial charge in [0, 0.05) is 56.2 Å². The molecule has 6 nitrogen and oxygen atoms in total. The molecular weight excluding hydrogens is 750 g/mol. The van der Waals surface area contributed by atoms with Crippen LogP contribution in [-0.4, -0.2) is 14.8 Å². The summed E-state index contributed by atoms with van der Waals surface area (Å²) in [6.07, 6.45) is 5.68. The van der Waals surface area contributed by atoms with E-state index >= 15 is 0 Å². The molecule has 0 unspecified atom stereocenters. The van der Waals surface area contributed by atoms with Crippen LogP contribution in [0, 0.1) is 32.6 Å². The smallest absolute Gasteiger partial charge is 0.124 e. The topological polar surface area (TPSA) is 46.4 Å². The van der Waals surface area contributed by atoms with Crippen LogP contribution in [-0.2, 0) is 26.5 Å². The van der Waals surface area contributed by atoms with E-state index in [-0.39, 0.29) is 26.5 Å². The summed E-state index contributed by atoms with van der Waals surface area (Å²) in [5.74, 6) is 2.00. The van der Waals surface area contributed by atoms with Crippen LogP contribution in [0.3, 0.4) is 0 Å². The van der Waals surface area contributed by atoms with Crippen LogP contribution in [0.1, 0.15) is 37.5 Å². The van der Waals surface area contributed by atoms with Crippen molar-refractivity contribution in [3.63, 3.8) is 0 Å². The molecule has 0 saturated heterocycles. The minimum absolute atomic E-state index is 0. The van der Waals surface area contributed by atoms with Crippen LogP contribution in [0.15, 0.2) is 110 Å². The molecule has 234 valence electrons. The summed E-state index contributed by atoms with van der Waals surface area (Å²) in [6.45, 7) is 13.2. The van der Waals surface area contributed by atoms with Crippen LogP contribution < -0.4 is 14.5 Å². The van der Waals surface area contributed by atoms with Crippen LogP contribution in [0.25, 0.3) is 16.8 Å². The molecule has 4 aromatic carbocycles. The first-order chi connectivity index (χ1) is 21.7. The van der Waals surface area contributed by atoms with Gasteiger partial charge in [0.2, 0.25) is 0 Å². The average Bonchev–Trinajstić information content (AvgIpc) is 3.68. The number of anilines is 4. The Kier molecular flexibility index (Phi) is 8.59. The maximum atomic E-state index is 6.29. The Morgan fingerprint density at radius 1 is 0.739 bits per heavy atom. The molecule has 46 heavy (non-hydrogen) atoms. The van der Waals surface area contributed by atoms with Crippen molar-refractivity contribution < 1.29 is 25.8 Å². The molecule has 6 aromatic rings. The predicted molar refractivity (Wildman–Crippen MR) is 181 cm³/mol. The second-order valence-corrected chi connectivity index (χ2v) is 12.4. The number of pyridine rings is 1. The Bertz CT molecular complexity index is 1970. The van der Waals surface area contributed by atoms with E-state index in [1.165, 1.54) is 16.7 Å². The van der Waals surface area contributed by atoms with Gasteiger partial charge in [0.05, 0.1) is 11.9 Å². The predicted octanol–water partition coefficient (Wildman–Crippen LogP) is 9.65. The number of benzene rings is 4. The van der Waals surface area contributed by atoms with Gasteiger partial charge in [0.15, 0.2) is 0 Å². The fraction of sp³-hybridized carbons (Fsp3) is 0.154. The van der Waals surface area contributed by atoms with Gasteiger partial charge >= 0.3 is 0 Å². The van der Waals surface area contributed by atoms with Crippen molar-refractivity contribution in [1.82, 2.24) is 14.8 Å². The number of hydrogen-bond acceptors (Lipinski definition) is 5. The number of hydrogen-bond donors (Lipinski definition) is 0. The number of rotatable bonds is 6. The minimum Gasteiger partial charge on any atom is -0.509 e. The van der Waals surface area contributed by atoms with Crippen molar-refractivity contribution >= 4 is 22.9 Å². The van der Waals surface area contributed by atoms with Crippen molar-refractivity contribution in [2.45, 2.75) is 40.0 Å². The molecule has 2 aromatic heterocycles. The molecule has 0 N–H and O–H groups in total. The van der Waals surface area contributed by atoms with E-state index in [9.17, 15) is 0 Å². The van der Waals surface area contributed by atoms with E-state index in [1.54, 1.807) is 0 Å². The van der Waals surface area contributed by atoms with Gasteiger partial charge in [0.1, 0.15) is 5.82 Å².